The summed E-state index contributed by atoms with van der Waals surface area (Å²) in [4.78, 5) is 33.9. The third-order valence-electron chi connectivity index (χ3n) is 3.36. The van der Waals surface area contributed by atoms with Crippen molar-refractivity contribution < 1.29 is 18.9 Å². The Kier molecular flexibility index (Phi) is 6.60. The number of hydrogen-bond donors (Lipinski definition) is 3. The number of hydrogen-bond acceptors (Lipinski definition) is 5. The van der Waals surface area contributed by atoms with Crippen molar-refractivity contribution in [1.82, 2.24) is 10.6 Å². The number of amides is 2. The SMILES string of the molecule is O=C(CNC(=O)c1cccc(F)c1)NCCNc1ccccc1[N+](=O)[O-]. The first-order valence-corrected chi connectivity index (χ1v) is 7.75. The summed E-state index contributed by atoms with van der Waals surface area (Å²) >= 11 is 0. The summed E-state index contributed by atoms with van der Waals surface area (Å²) in [5, 5.41) is 18.7. The van der Waals surface area contributed by atoms with Gasteiger partial charge in [0.1, 0.15) is 11.5 Å². The number of nitrogens with one attached hydrogen (secondary N) is 3. The predicted octanol–water partition coefficient (Wildman–Crippen LogP) is 1.69. The molecule has 0 saturated carbocycles. The molecule has 136 valence electrons. The summed E-state index contributed by atoms with van der Waals surface area (Å²) in [6, 6.07) is 11.3. The molecule has 9 heteroatoms. The van der Waals surface area contributed by atoms with Crippen LogP contribution in [0.2, 0.25) is 0 Å². The number of carbonyl (C=O) groups excluding carboxylic acids is 2. The second-order valence-electron chi connectivity index (χ2n) is 5.24. The Morgan fingerprint density at radius 2 is 1.81 bits per heavy atom. The zero-order valence-corrected chi connectivity index (χ0v) is 13.7. The Morgan fingerprint density at radius 3 is 2.54 bits per heavy atom. The molecule has 0 spiro atoms. The minimum absolute atomic E-state index is 0.0545. The molecule has 0 fully saturated rings. The Balaban J connectivity index is 1.71. The predicted molar refractivity (Wildman–Crippen MR) is 93.3 cm³/mol. The molecule has 0 aliphatic rings. The third kappa shape index (κ3) is 5.55. The molecule has 2 aromatic carbocycles. The largest absolute Gasteiger partial charge is 0.378 e. The zero-order valence-electron chi connectivity index (χ0n) is 13.7. The number of benzene rings is 2. The second-order valence-corrected chi connectivity index (χ2v) is 5.24. The van der Waals surface area contributed by atoms with E-state index in [1.807, 2.05) is 0 Å². The van der Waals surface area contributed by atoms with Crippen LogP contribution in [-0.2, 0) is 4.79 Å². The average Bonchev–Trinajstić information content (AvgIpc) is 2.63. The van der Waals surface area contributed by atoms with Gasteiger partial charge in [-0.1, -0.05) is 18.2 Å². The fourth-order valence-corrected chi connectivity index (χ4v) is 2.14. The summed E-state index contributed by atoms with van der Waals surface area (Å²) in [6.07, 6.45) is 0. The lowest BCUT2D eigenvalue weighted by molar-refractivity contribution is -0.384. The van der Waals surface area contributed by atoms with Crippen LogP contribution in [0.5, 0.6) is 0 Å². The molecule has 0 unspecified atom stereocenters. The highest BCUT2D eigenvalue weighted by Gasteiger charge is 2.12. The first-order chi connectivity index (χ1) is 12.5. The van der Waals surface area contributed by atoms with E-state index in [2.05, 4.69) is 16.0 Å². The molecule has 0 atom stereocenters. The lowest BCUT2D eigenvalue weighted by Gasteiger charge is -2.09. The van der Waals surface area contributed by atoms with Crippen molar-refractivity contribution in [2.75, 3.05) is 25.0 Å². The van der Waals surface area contributed by atoms with Crippen LogP contribution in [0.15, 0.2) is 48.5 Å². The minimum Gasteiger partial charge on any atom is -0.378 e. The summed E-state index contributed by atoms with van der Waals surface area (Å²) in [5.41, 5.74) is 0.420. The lowest BCUT2D eigenvalue weighted by atomic mass is 10.2. The summed E-state index contributed by atoms with van der Waals surface area (Å²) in [6.45, 7) is 0.218. The second kappa shape index (κ2) is 9.11. The van der Waals surface area contributed by atoms with E-state index in [1.165, 1.54) is 24.3 Å². The quantitative estimate of drug-likeness (QED) is 0.377. The molecular weight excluding hydrogens is 343 g/mol. The molecule has 8 nitrogen and oxygen atoms in total. The van der Waals surface area contributed by atoms with E-state index in [4.69, 9.17) is 0 Å². The van der Waals surface area contributed by atoms with Gasteiger partial charge in [-0.15, -0.1) is 0 Å². The van der Waals surface area contributed by atoms with Crippen LogP contribution in [-0.4, -0.2) is 36.4 Å². The van der Waals surface area contributed by atoms with Crippen LogP contribution < -0.4 is 16.0 Å². The monoisotopic (exact) mass is 360 g/mol. The van der Waals surface area contributed by atoms with Crippen LogP contribution in [0.4, 0.5) is 15.8 Å². The molecule has 0 aromatic heterocycles. The van der Waals surface area contributed by atoms with E-state index in [0.717, 1.165) is 6.07 Å². The molecule has 3 N–H and O–H groups in total. The highest BCUT2D eigenvalue weighted by Crippen LogP contribution is 2.22. The topological polar surface area (TPSA) is 113 Å². The number of nitrogens with zero attached hydrogens (tertiary/aromatic N) is 1. The van der Waals surface area contributed by atoms with Gasteiger partial charge in [0.05, 0.1) is 11.5 Å². The number of para-hydroxylation sites is 2. The smallest absolute Gasteiger partial charge is 0.292 e. The highest BCUT2D eigenvalue weighted by atomic mass is 19.1. The molecule has 0 radical (unpaired) electrons. The Bertz CT molecular complexity index is 813. The summed E-state index contributed by atoms with van der Waals surface area (Å²) in [5.74, 6) is -1.53. The van der Waals surface area contributed by atoms with Crippen LogP contribution in [0.25, 0.3) is 0 Å². The molecule has 0 heterocycles. The Labute approximate surface area is 148 Å². The number of rotatable bonds is 8. The van der Waals surface area contributed by atoms with Gasteiger partial charge in [-0.25, -0.2) is 4.39 Å². The van der Waals surface area contributed by atoms with Crippen molar-refractivity contribution in [3.8, 4) is 0 Å². The maximum atomic E-state index is 13.0. The maximum absolute atomic E-state index is 13.0. The van der Waals surface area contributed by atoms with Gasteiger partial charge in [0.25, 0.3) is 11.6 Å². The number of halogens is 1. The van der Waals surface area contributed by atoms with Gasteiger partial charge >= 0.3 is 0 Å². The van der Waals surface area contributed by atoms with Crippen molar-refractivity contribution in [1.29, 1.82) is 0 Å². The van der Waals surface area contributed by atoms with Gasteiger partial charge in [-0.3, -0.25) is 19.7 Å². The average molecular weight is 360 g/mol. The van der Waals surface area contributed by atoms with Crippen molar-refractivity contribution in [3.05, 3.63) is 70.0 Å². The van der Waals surface area contributed by atoms with E-state index >= 15 is 0 Å². The van der Waals surface area contributed by atoms with Crippen LogP contribution in [0.3, 0.4) is 0 Å². The van der Waals surface area contributed by atoms with Gasteiger partial charge < -0.3 is 16.0 Å². The first-order valence-electron chi connectivity index (χ1n) is 7.75. The molecule has 26 heavy (non-hydrogen) atoms. The molecule has 2 rings (SSSR count). The zero-order chi connectivity index (χ0) is 18.9. The number of nitro benzene ring substituents is 1. The Hall–Kier alpha value is -3.49. The molecule has 2 aromatic rings. The Morgan fingerprint density at radius 1 is 1.04 bits per heavy atom. The number of anilines is 1. The molecule has 0 bridgehead atoms. The van der Waals surface area contributed by atoms with Gasteiger partial charge in [0.15, 0.2) is 0 Å². The van der Waals surface area contributed by atoms with Gasteiger partial charge in [0, 0.05) is 24.7 Å². The van der Waals surface area contributed by atoms with E-state index in [9.17, 15) is 24.1 Å². The van der Waals surface area contributed by atoms with E-state index in [0.29, 0.717) is 5.69 Å². The lowest BCUT2D eigenvalue weighted by Crippen LogP contribution is -2.38. The molecule has 0 aliphatic carbocycles. The summed E-state index contributed by atoms with van der Waals surface area (Å²) < 4.78 is 13.0. The molecule has 2 amide bonds. The van der Waals surface area contributed by atoms with Gasteiger partial charge in [0.2, 0.25) is 5.91 Å². The van der Waals surface area contributed by atoms with Crippen LogP contribution in [0, 0.1) is 15.9 Å². The minimum atomic E-state index is -0.558. The van der Waals surface area contributed by atoms with Crippen molar-refractivity contribution >= 4 is 23.2 Å². The van der Waals surface area contributed by atoms with E-state index in [-0.39, 0.29) is 30.9 Å². The van der Waals surface area contributed by atoms with Gasteiger partial charge in [-0.2, -0.15) is 0 Å². The van der Waals surface area contributed by atoms with Gasteiger partial charge in [-0.05, 0) is 24.3 Å². The molecule has 0 aliphatic heterocycles. The van der Waals surface area contributed by atoms with E-state index in [1.54, 1.807) is 18.2 Å². The summed E-state index contributed by atoms with van der Waals surface area (Å²) in [7, 11) is 0. The fourth-order valence-electron chi connectivity index (χ4n) is 2.14. The first kappa shape index (κ1) is 18.8. The maximum Gasteiger partial charge on any atom is 0.292 e. The third-order valence-corrected chi connectivity index (χ3v) is 3.36. The number of carbonyl (C=O) groups is 2. The normalized spacial score (nSPS) is 10.0. The van der Waals surface area contributed by atoms with Crippen LogP contribution >= 0.6 is 0 Å². The van der Waals surface area contributed by atoms with Crippen molar-refractivity contribution in [2.45, 2.75) is 0 Å². The highest BCUT2D eigenvalue weighted by molar-refractivity contribution is 5.96. The standard InChI is InChI=1S/C17H17FN4O4/c18-13-5-3-4-12(10-13)17(24)21-11-16(23)20-9-8-19-14-6-1-2-7-15(14)22(25)26/h1-7,10,19H,8-9,11H2,(H,20,23)(H,21,24). The number of nitro groups is 1. The molecular formula is C17H17FN4O4. The molecule has 0 saturated heterocycles. The van der Waals surface area contributed by atoms with Crippen molar-refractivity contribution in [2.24, 2.45) is 0 Å². The van der Waals surface area contributed by atoms with Crippen molar-refractivity contribution in [3.63, 3.8) is 0 Å². The fraction of sp³-hybridized carbons (Fsp3) is 0.176. The van der Waals surface area contributed by atoms with Crippen LogP contribution in [0.1, 0.15) is 10.4 Å². The van der Waals surface area contributed by atoms with E-state index < -0.39 is 22.6 Å².